The zero-order valence-electron chi connectivity index (χ0n) is 19.9. The van der Waals surface area contributed by atoms with Gasteiger partial charge >= 0.3 is 6.09 Å². The van der Waals surface area contributed by atoms with Crippen molar-refractivity contribution in [1.29, 1.82) is 5.26 Å². The molecule has 32 heavy (non-hydrogen) atoms. The zero-order valence-corrected chi connectivity index (χ0v) is 19.9. The van der Waals surface area contributed by atoms with Crippen molar-refractivity contribution in [2.75, 3.05) is 13.2 Å². The van der Waals surface area contributed by atoms with Crippen LogP contribution in [0.2, 0.25) is 0 Å². The van der Waals surface area contributed by atoms with Crippen LogP contribution in [0.25, 0.3) is 0 Å². The summed E-state index contributed by atoms with van der Waals surface area (Å²) in [5.74, 6) is -1.25. The molecule has 0 aliphatic carbocycles. The molecule has 0 saturated carbocycles. The number of benzene rings is 1. The second-order valence-corrected chi connectivity index (χ2v) is 8.92. The molecule has 0 radical (unpaired) electrons. The van der Waals surface area contributed by atoms with Gasteiger partial charge in [0.05, 0.1) is 12.7 Å². The topological polar surface area (TPSA) is 132 Å². The molecule has 1 aromatic rings. The second-order valence-electron chi connectivity index (χ2n) is 8.92. The Hall–Kier alpha value is -3.12. The third kappa shape index (κ3) is 7.85. The van der Waals surface area contributed by atoms with Crippen molar-refractivity contribution in [2.45, 2.75) is 72.2 Å². The summed E-state index contributed by atoms with van der Waals surface area (Å²) in [5.41, 5.74) is 1.64. The van der Waals surface area contributed by atoms with Crippen LogP contribution in [0.5, 0.6) is 0 Å². The lowest BCUT2D eigenvalue weighted by Gasteiger charge is -2.33. The minimum Gasteiger partial charge on any atom is -0.444 e. The number of ether oxygens (including phenoxy) is 1. The van der Waals surface area contributed by atoms with Crippen LogP contribution in [0.4, 0.5) is 4.79 Å². The molecule has 0 aromatic heterocycles. The van der Waals surface area contributed by atoms with Crippen molar-refractivity contribution in [3.63, 3.8) is 0 Å². The molecule has 3 amide bonds. The maximum Gasteiger partial charge on any atom is 0.408 e. The molecule has 1 aromatic carbocycles. The van der Waals surface area contributed by atoms with Gasteiger partial charge in [-0.05, 0) is 65.2 Å². The standard InChI is InChI=1S/C23H34N4O5/c1-14(2)25-20(29)19(17-9-8-15(3)16(4)12-17)27(11-10-24)21(30)18(13-28)26-22(31)32-23(5,6)7/h8-9,12,14,18-19,28H,11,13H2,1-7H3,(H,25,29)(H,26,31). The summed E-state index contributed by atoms with van der Waals surface area (Å²) >= 11 is 0. The van der Waals surface area contributed by atoms with Gasteiger partial charge in [0.1, 0.15) is 24.2 Å². The molecule has 2 unspecified atom stereocenters. The highest BCUT2D eigenvalue weighted by Gasteiger charge is 2.36. The maximum absolute atomic E-state index is 13.3. The summed E-state index contributed by atoms with van der Waals surface area (Å²) in [5, 5.41) is 24.3. The fourth-order valence-corrected chi connectivity index (χ4v) is 2.98. The Morgan fingerprint density at radius 3 is 2.25 bits per heavy atom. The van der Waals surface area contributed by atoms with E-state index in [9.17, 15) is 24.8 Å². The third-order valence-corrected chi connectivity index (χ3v) is 4.53. The first-order valence-corrected chi connectivity index (χ1v) is 10.5. The molecule has 0 spiro atoms. The van der Waals surface area contributed by atoms with Gasteiger partial charge in [0.15, 0.2) is 0 Å². The highest BCUT2D eigenvalue weighted by molar-refractivity contribution is 5.92. The minimum atomic E-state index is -1.39. The van der Waals surface area contributed by atoms with Gasteiger partial charge in [-0.15, -0.1) is 0 Å². The number of aliphatic hydroxyl groups is 1. The van der Waals surface area contributed by atoms with Crippen molar-refractivity contribution < 1.29 is 24.2 Å². The van der Waals surface area contributed by atoms with E-state index in [-0.39, 0.29) is 6.04 Å². The predicted molar refractivity (Wildman–Crippen MR) is 120 cm³/mol. The lowest BCUT2D eigenvalue weighted by Crippen LogP contribution is -2.54. The van der Waals surface area contributed by atoms with Gasteiger partial charge in [-0.25, -0.2) is 4.79 Å². The Labute approximate surface area is 189 Å². The fourth-order valence-electron chi connectivity index (χ4n) is 2.98. The van der Waals surface area contributed by atoms with E-state index in [0.717, 1.165) is 16.0 Å². The molecule has 176 valence electrons. The highest BCUT2D eigenvalue weighted by Crippen LogP contribution is 2.25. The first-order valence-electron chi connectivity index (χ1n) is 10.5. The number of alkyl carbamates (subject to hydrolysis) is 1. The van der Waals surface area contributed by atoms with Gasteiger partial charge in [-0.1, -0.05) is 18.2 Å². The Morgan fingerprint density at radius 1 is 1.16 bits per heavy atom. The lowest BCUT2D eigenvalue weighted by atomic mass is 9.98. The van der Waals surface area contributed by atoms with Crippen LogP contribution < -0.4 is 10.6 Å². The van der Waals surface area contributed by atoms with E-state index in [1.165, 1.54) is 0 Å². The molecular weight excluding hydrogens is 412 g/mol. The Balaban J connectivity index is 3.37. The van der Waals surface area contributed by atoms with Crippen LogP contribution in [-0.4, -0.2) is 58.8 Å². The van der Waals surface area contributed by atoms with E-state index < -0.39 is 48.7 Å². The van der Waals surface area contributed by atoms with E-state index in [2.05, 4.69) is 10.6 Å². The predicted octanol–water partition coefficient (Wildman–Crippen LogP) is 2.11. The number of hydrogen-bond donors (Lipinski definition) is 3. The Bertz CT molecular complexity index is 870. The quantitative estimate of drug-likeness (QED) is 0.524. The molecule has 0 fully saturated rings. The van der Waals surface area contributed by atoms with Crippen molar-refractivity contribution >= 4 is 17.9 Å². The van der Waals surface area contributed by atoms with Crippen LogP contribution in [0.15, 0.2) is 18.2 Å². The number of amides is 3. The average Bonchev–Trinajstić information content (AvgIpc) is 2.66. The van der Waals surface area contributed by atoms with Crippen molar-refractivity contribution in [3.8, 4) is 6.07 Å². The maximum atomic E-state index is 13.3. The molecular formula is C23H34N4O5. The number of nitriles is 1. The van der Waals surface area contributed by atoms with Crippen LogP contribution in [0.1, 0.15) is 57.4 Å². The van der Waals surface area contributed by atoms with Gasteiger partial charge in [-0.2, -0.15) is 5.26 Å². The van der Waals surface area contributed by atoms with Gasteiger partial charge in [0.25, 0.3) is 0 Å². The summed E-state index contributed by atoms with van der Waals surface area (Å²) in [4.78, 5) is 39.6. The smallest absolute Gasteiger partial charge is 0.408 e. The summed E-state index contributed by atoms with van der Waals surface area (Å²) in [6.07, 6.45) is -0.892. The number of nitrogens with zero attached hydrogens (tertiary/aromatic N) is 2. The molecule has 2 atom stereocenters. The number of nitrogens with one attached hydrogen (secondary N) is 2. The molecule has 0 saturated heterocycles. The zero-order chi connectivity index (χ0) is 24.6. The number of rotatable bonds is 8. The van der Waals surface area contributed by atoms with E-state index in [1.54, 1.807) is 46.8 Å². The van der Waals surface area contributed by atoms with Crippen LogP contribution in [0.3, 0.4) is 0 Å². The number of carbonyl (C=O) groups excluding carboxylic acids is 3. The van der Waals surface area contributed by atoms with Gasteiger partial charge in [-0.3, -0.25) is 9.59 Å². The molecule has 1 rings (SSSR count). The van der Waals surface area contributed by atoms with Crippen molar-refractivity contribution in [2.24, 2.45) is 0 Å². The second kappa shape index (κ2) is 11.5. The Morgan fingerprint density at radius 2 is 1.78 bits per heavy atom. The van der Waals surface area contributed by atoms with E-state index in [1.807, 2.05) is 26.0 Å². The SMILES string of the molecule is Cc1ccc(C(C(=O)NC(C)C)N(CC#N)C(=O)C(CO)NC(=O)OC(C)(C)C)cc1C. The molecule has 0 heterocycles. The molecule has 9 heteroatoms. The molecule has 0 bridgehead atoms. The van der Waals surface area contributed by atoms with E-state index in [0.29, 0.717) is 5.56 Å². The first-order chi connectivity index (χ1) is 14.8. The summed E-state index contributed by atoms with van der Waals surface area (Å²) in [7, 11) is 0. The van der Waals surface area contributed by atoms with Gasteiger partial charge in [0, 0.05) is 6.04 Å². The summed E-state index contributed by atoms with van der Waals surface area (Å²) in [6.45, 7) is 11.2. The molecule has 9 nitrogen and oxygen atoms in total. The molecule has 3 N–H and O–H groups in total. The third-order valence-electron chi connectivity index (χ3n) is 4.53. The molecule has 0 aliphatic rings. The lowest BCUT2D eigenvalue weighted by molar-refractivity contribution is -0.142. The number of hydrogen-bond acceptors (Lipinski definition) is 6. The van der Waals surface area contributed by atoms with Crippen molar-refractivity contribution in [3.05, 3.63) is 34.9 Å². The number of aliphatic hydroxyl groups excluding tert-OH is 1. The van der Waals surface area contributed by atoms with Crippen LogP contribution in [0, 0.1) is 25.2 Å². The molecule has 0 aliphatic heterocycles. The minimum absolute atomic E-state index is 0.205. The van der Waals surface area contributed by atoms with Gasteiger partial charge < -0.3 is 25.4 Å². The number of aryl methyl sites for hydroxylation is 2. The normalized spacial score (nSPS) is 13.0. The Kier molecular flexibility index (Phi) is 9.66. The largest absolute Gasteiger partial charge is 0.444 e. The summed E-state index contributed by atoms with van der Waals surface area (Å²) < 4.78 is 5.16. The summed E-state index contributed by atoms with van der Waals surface area (Å²) in [6, 6.07) is 4.52. The van der Waals surface area contributed by atoms with Crippen molar-refractivity contribution in [1.82, 2.24) is 15.5 Å². The van der Waals surface area contributed by atoms with Crippen LogP contribution >= 0.6 is 0 Å². The van der Waals surface area contributed by atoms with E-state index in [4.69, 9.17) is 4.74 Å². The average molecular weight is 447 g/mol. The van der Waals surface area contributed by atoms with Crippen LogP contribution in [-0.2, 0) is 14.3 Å². The van der Waals surface area contributed by atoms with Gasteiger partial charge in [0.2, 0.25) is 11.8 Å². The fraction of sp³-hybridized carbons (Fsp3) is 0.565. The first kappa shape index (κ1) is 26.9. The highest BCUT2D eigenvalue weighted by atomic mass is 16.6. The number of carbonyl (C=O) groups is 3. The van der Waals surface area contributed by atoms with E-state index >= 15 is 0 Å². The monoisotopic (exact) mass is 446 g/mol.